The standard InChI is InChI=1S/C11H23N3O/c12-6-1-2-7-14-11(15)4-3-10-5-8-13-9-10/h10,13H,1-9,12H2,(H,14,15). The average molecular weight is 213 g/mol. The van der Waals surface area contributed by atoms with E-state index < -0.39 is 0 Å². The zero-order chi connectivity index (χ0) is 10.9. The highest BCUT2D eigenvalue weighted by molar-refractivity contribution is 5.75. The zero-order valence-electron chi connectivity index (χ0n) is 9.43. The third kappa shape index (κ3) is 5.74. The second-order valence-electron chi connectivity index (χ2n) is 4.24. The van der Waals surface area contributed by atoms with Gasteiger partial charge in [-0.25, -0.2) is 0 Å². The zero-order valence-corrected chi connectivity index (χ0v) is 9.43. The van der Waals surface area contributed by atoms with Crippen LogP contribution in [0.4, 0.5) is 0 Å². The quantitative estimate of drug-likeness (QED) is 0.530. The van der Waals surface area contributed by atoms with Crippen LogP contribution >= 0.6 is 0 Å². The van der Waals surface area contributed by atoms with Crippen molar-refractivity contribution in [2.75, 3.05) is 26.2 Å². The number of amides is 1. The van der Waals surface area contributed by atoms with E-state index >= 15 is 0 Å². The molecule has 0 saturated carbocycles. The smallest absolute Gasteiger partial charge is 0.220 e. The molecule has 1 amide bonds. The molecule has 88 valence electrons. The lowest BCUT2D eigenvalue weighted by Crippen LogP contribution is -2.25. The van der Waals surface area contributed by atoms with E-state index in [1.54, 1.807) is 0 Å². The number of nitrogens with two attached hydrogens (primary N) is 1. The minimum atomic E-state index is 0.193. The lowest BCUT2D eigenvalue weighted by atomic mass is 10.0. The van der Waals surface area contributed by atoms with Crippen molar-refractivity contribution >= 4 is 5.91 Å². The Balaban J connectivity index is 1.93. The number of unbranched alkanes of at least 4 members (excludes halogenated alkanes) is 1. The molecule has 4 heteroatoms. The van der Waals surface area contributed by atoms with Crippen molar-refractivity contribution in [2.24, 2.45) is 11.7 Å². The first-order chi connectivity index (χ1) is 7.33. The molecule has 0 aromatic rings. The van der Waals surface area contributed by atoms with Crippen LogP contribution in [0.15, 0.2) is 0 Å². The Morgan fingerprint density at radius 3 is 3.00 bits per heavy atom. The molecule has 0 spiro atoms. The molecule has 15 heavy (non-hydrogen) atoms. The van der Waals surface area contributed by atoms with Crippen LogP contribution in [-0.4, -0.2) is 32.1 Å². The summed E-state index contributed by atoms with van der Waals surface area (Å²) in [6, 6.07) is 0. The highest BCUT2D eigenvalue weighted by atomic mass is 16.1. The third-order valence-electron chi connectivity index (χ3n) is 2.90. The molecule has 0 aliphatic carbocycles. The van der Waals surface area contributed by atoms with E-state index in [9.17, 15) is 4.79 Å². The molecule has 4 nitrogen and oxygen atoms in total. The summed E-state index contributed by atoms with van der Waals surface area (Å²) >= 11 is 0. The third-order valence-corrected chi connectivity index (χ3v) is 2.90. The van der Waals surface area contributed by atoms with Gasteiger partial charge in [0.2, 0.25) is 5.91 Å². The molecule has 0 aromatic carbocycles. The van der Waals surface area contributed by atoms with E-state index in [1.807, 2.05) is 0 Å². The Morgan fingerprint density at radius 1 is 1.47 bits per heavy atom. The maximum Gasteiger partial charge on any atom is 0.220 e. The second-order valence-corrected chi connectivity index (χ2v) is 4.24. The van der Waals surface area contributed by atoms with Gasteiger partial charge in [0.1, 0.15) is 0 Å². The Hall–Kier alpha value is -0.610. The summed E-state index contributed by atoms with van der Waals surface area (Å²) in [4.78, 5) is 11.4. The topological polar surface area (TPSA) is 67.1 Å². The van der Waals surface area contributed by atoms with Crippen LogP contribution in [0.25, 0.3) is 0 Å². The predicted octanol–water partition coefficient (Wildman–Crippen LogP) is 0.231. The number of nitrogens with one attached hydrogen (secondary N) is 2. The Kier molecular flexibility index (Phi) is 6.36. The van der Waals surface area contributed by atoms with Crippen molar-refractivity contribution < 1.29 is 4.79 Å². The number of hydrogen-bond acceptors (Lipinski definition) is 3. The van der Waals surface area contributed by atoms with Gasteiger partial charge in [0, 0.05) is 13.0 Å². The molecule has 1 rings (SSSR count). The first-order valence-electron chi connectivity index (χ1n) is 6.00. The normalized spacial score (nSPS) is 20.5. The second kappa shape index (κ2) is 7.65. The molecule has 1 aliphatic rings. The minimum absolute atomic E-state index is 0.193. The fourth-order valence-corrected chi connectivity index (χ4v) is 1.88. The highest BCUT2D eigenvalue weighted by Crippen LogP contribution is 2.13. The summed E-state index contributed by atoms with van der Waals surface area (Å²) in [5.74, 6) is 0.902. The first kappa shape index (κ1) is 12.5. The van der Waals surface area contributed by atoms with E-state index in [0.717, 1.165) is 38.9 Å². The van der Waals surface area contributed by atoms with Crippen LogP contribution in [-0.2, 0) is 4.79 Å². The van der Waals surface area contributed by atoms with Crippen LogP contribution in [0, 0.1) is 5.92 Å². The lowest BCUT2D eigenvalue weighted by molar-refractivity contribution is -0.121. The summed E-state index contributed by atoms with van der Waals surface area (Å²) in [7, 11) is 0. The van der Waals surface area contributed by atoms with Gasteiger partial charge in [-0.05, 0) is 51.2 Å². The van der Waals surface area contributed by atoms with E-state index in [4.69, 9.17) is 5.73 Å². The predicted molar refractivity (Wildman–Crippen MR) is 61.5 cm³/mol. The van der Waals surface area contributed by atoms with Crippen LogP contribution < -0.4 is 16.4 Å². The fourth-order valence-electron chi connectivity index (χ4n) is 1.88. The number of carbonyl (C=O) groups is 1. The van der Waals surface area contributed by atoms with Gasteiger partial charge in [0.05, 0.1) is 0 Å². The molecule has 1 fully saturated rings. The van der Waals surface area contributed by atoms with E-state index in [1.165, 1.54) is 6.42 Å². The van der Waals surface area contributed by atoms with Crippen LogP contribution in [0.2, 0.25) is 0 Å². The van der Waals surface area contributed by atoms with Crippen molar-refractivity contribution in [1.82, 2.24) is 10.6 Å². The van der Waals surface area contributed by atoms with Crippen molar-refractivity contribution in [3.63, 3.8) is 0 Å². The van der Waals surface area contributed by atoms with Gasteiger partial charge in [-0.2, -0.15) is 0 Å². The SMILES string of the molecule is NCCCCNC(=O)CCC1CCNC1. The molecule has 0 bridgehead atoms. The molecule has 0 aromatic heterocycles. The summed E-state index contributed by atoms with van der Waals surface area (Å²) in [6.07, 6.45) is 4.91. The summed E-state index contributed by atoms with van der Waals surface area (Å²) in [6.45, 7) is 3.69. The Labute approximate surface area is 92.0 Å². The molecule has 0 radical (unpaired) electrons. The highest BCUT2D eigenvalue weighted by Gasteiger charge is 2.15. The van der Waals surface area contributed by atoms with Crippen LogP contribution in [0.1, 0.15) is 32.1 Å². The molecule has 1 unspecified atom stereocenters. The van der Waals surface area contributed by atoms with Crippen LogP contribution in [0.3, 0.4) is 0 Å². The van der Waals surface area contributed by atoms with Gasteiger partial charge in [-0.15, -0.1) is 0 Å². The van der Waals surface area contributed by atoms with E-state index in [-0.39, 0.29) is 5.91 Å². The van der Waals surface area contributed by atoms with Crippen molar-refractivity contribution in [2.45, 2.75) is 32.1 Å². The Bertz CT molecular complexity index is 179. The fraction of sp³-hybridized carbons (Fsp3) is 0.909. The Morgan fingerprint density at radius 2 is 2.33 bits per heavy atom. The first-order valence-corrected chi connectivity index (χ1v) is 6.00. The number of hydrogen-bond donors (Lipinski definition) is 3. The lowest BCUT2D eigenvalue weighted by Gasteiger charge is -2.08. The molecular weight excluding hydrogens is 190 g/mol. The van der Waals surface area contributed by atoms with Gasteiger partial charge < -0.3 is 16.4 Å². The van der Waals surface area contributed by atoms with Gasteiger partial charge >= 0.3 is 0 Å². The van der Waals surface area contributed by atoms with Gasteiger partial charge in [0.25, 0.3) is 0 Å². The molecule has 4 N–H and O–H groups in total. The van der Waals surface area contributed by atoms with Crippen LogP contribution in [0.5, 0.6) is 0 Å². The maximum absolute atomic E-state index is 11.4. The average Bonchev–Trinajstić information content (AvgIpc) is 2.74. The van der Waals surface area contributed by atoms with Gasteiger partial charge in [-0.3, -0.25) is 4.79 Å². The molecular formula is C11H23N3O. The van der Waals surface area contributed by atoms with Gasteiger partial charge in [0.15, 0.2) is 0 Å². The largest absolute Gasteiger partial charge is 0.356 e. The number of carbonyl (C=O) groups excluding carboxylic acids is 1. The van der Waals surface area contributed by atoms with E-state index in [0.29, 0.717) is 18.9 Å². The van der Waals surface area contributed by atoms with Gasteiger partial charge in [-0.1, -0.05) is 0 Å². The maximum atomic E-state index is 11.4. The van der Waals surface area contributed by atoms with E-state index in [2.05, 4.69) is 10.6 Å². The van der Waals surface area contributed by atoms with Crippen molar-refractivity contribution in [1.29, 1.82) is 0 Å². The summed E-state index contributed by atoms with van der Waals surface area (Å²) in [5, 5.41) is 6.24. The molecule has 1 atom stereocenters. The minimum Gasteiger partial charge on any atom is -0.356 e. The number of rotatable bonds is 7. The monoisotopic (exact) mass is 213 g/mol. The molecule has 1 heterocycles. The summed E-state index contributed by atoms with van der Waals surface area (Å²) in [5.41, 5.74) is 5.37. The molecule has 1 saturated heterocycles. The van der Waals surface area contributed by atoms with Crippen molar-refractivity contribution in [3.05, 3.63) is 0 Å². The summed E-state index contributed by atoms with van der Waals surface area (Å²) < 4.78 is 0. The molecule has 1 aliphatic heterocycles. The van der Waals surface area contributed by atoms with Crippen molar-refractivity contribution in [3.8, 4) is 0 Å².